The fourth-order valence-corrected chi connectivity index (χ4v) is 5.95. The Bertz CT molecular complexity index is 1560. The van der Waals surface area contributed by atoms with Gasteiger partial charge in [0.25, 0.3) is 5.56 Å². The average Bonchev–Trinajstić information content (AvgIpc) is 2.98. The number of pyridine rings is 1. The summed E-state index contributed by atoms with van der Waals surface area (Å²) in [6.45, 7) is 16.0. The van der Waals surface area contributed by atoms with E-state index in [9.17, 15) is 9.59 Å². The molecule has 13 heteroatoms. The number of carbonyl (C=O) groups is 1. The number of rotatable bonds is 14. The van der Waals surface area contributed by atoms with Gasteiger partial charge in [-0.25, -0.2) is 4.98 Å². The summed E-state index contributed by atoms with van der Waals surface area (Å²) < 4.78 is 18.8. The third-order valence-electron chi connectivity index (χ3n) is 7.63. The second kappa shape index (κ2) is 14.2. The van der Waals surface area contributed by atoms with Crippen LogP contribution in [0.4, 0.5) is 5.95 Å². The predicted molar refractivity (Wildman–Crippen MR) is 174 cm³/mol. The van der Waals surface area contributed by atoms with Crippen LogP contribution in [0.3, 0.4) is 0 Å². The van der Waals surface area contributed by atoms with Crippen LogP contribution in [0.2, 0.25) is 10.0 Å². The Morgan fingerprint density at radius 2 is 1.80 bits per heavy atom. The molecule has 0 atom stereocenters. The topological polar surface area (TPSA) is 111 Å². The summed E-state index contributed by atoms with van der Waals surface area (Å²) in [5.74, 6) is 0.884. The number of benzene rings is 1. The number of likely N-dealkylation sites (N-methyl/N-ethyl adjacent to an activating group) is 1. The van der Waals surface area contributed by atoms with E-state index < -0.39 is 5.60 Å². The van der Waals surface area contributed by atoms with Gasteiger partial charge in [-0.3, -0.25) is 14.2 Å². The van der Waals surface area contributed by atoms with Crippen LogP contribution in [0, 0.1) is 0 Å². The second-order valence-corrected chi connectivity index (χ2v) is 11.9. The first-order valence-electron chi connectivity index (χ1n) is 14.5. The molecule has 0 saturated carbocycles. The highest BCUT2D eigenvalue weighted by Gasteiger charge is 2.35. The Hall–Kier alpha value is -3.38. The fraction of sp³-hybridized carbons (Fsp3) is 0.484. The zero-order valence-electron chi connectivity index (χ0n) is 26.1. The van der Waals surface area contributed by atoms with Crippen molar-refractivity contribution in [3.05, 3.63) is 51.4 Å². The summed E-state index contributed by atoms with van der Waals surface area (Å²) in [5, 5.41) is 4.23. The van der Waals surface area contributed by atoms with Crippen LogP contribution in [0.1, 0.15) is 27.7 Å². The van der Waals surface area contributed by atoms with Crippen molar-refractivity contribution >= 4 is 46.1 Å². The molecule has 3 heterocycles. The number of carbonyl (C=O) groups excluding carboxylic acids is 1. The van der Waals surface area contributed by atoms with Crippen LogP contribution in [0.5, 0.6) is 11.5 Å². The summed E-state index contributed by atoms with van der Waals surface area (Å²) in [6.07, 6.45) is 2.77. The minimum atomic E-state index is -0.815. The van der Waals surface area contributed by atoms with Crippen LogP contribution in [0.25, 0.3) is 22.2 Å². The largest absolute Gasteiger partial charge is 0.495 e. The predicted octanol–water partition coefficient (Wildman–Crippen LogP) is 4.73. The van der Waals surface area contributed by atoms with Gasteiger partial charge in [0.1, 0.15) is 17.1 Å². The van der Waals surface area contributed by atoms with Crippen molar-refractivity contribution in [2.45, 2.75) is 45.9 Å². The molecule has 1 aromatic carbocycles. The normalized spacial score (nSPS) is 13.7. The Labute approximate surface area is 267 Å². The van der Waals surface area contributed by atoms with Crippen molar-refractivity contribution < 1.29 is 19.0 Å². The van der Waals surface area contributed by atoms with Crippen LogP contribution in [-0.4, -0.2) is 95.4 Å². The first kappa shape index (κ1) is 33.5. The van der Waals surface area contributed by atoms with Gasteiger partial charge in [0.2, 0.25) is 11.9 Å². The molecule has 1 aliphatic rings. The lowest BCUT2D eigenvalue weighted by atomic mass is 10.0. The standard InChI is InChI=1S/C31H40Cl2N6O5/c1-8-24(40)38-16-20(17-38)44-31(4,5)18-39-28-19(15-35-30(36-28)34-11-12-37(9-2)10-3)13-21(29(39)41)25-26(32)22(42-6)14-23(43-7)27(25)33/h8,13-15,20H,1,9-12,16-18H2,2-7H3,(H,34,35,36). The number of halogens is 2. The van der Waals surface area contributed by atoms with E-state index in [1.807, 2.05) is 13.8 Å². The van der Waals surface area contributed by atoms with Gasteiger partial charge in [-0.05, 0) is 39.1 Å². The van der Waals surface area contributed by atoms with Crippen molar-refractivity contribution in [2.24, 2.45) is 0 Å². The van der Waals surface area contributed by atoms with E-state index in [1.54, 1.807) is 27.8 Å². The molecule has 0 radical (unpaired) electrons. The maximum absolute atomic E-state index is 14.4. The van der Waals surface area contributed by atoms with Gasteiger partial charge in [-0.1, -0.05) is 43.6 Å². The van der Waals surface area contributed by atoms with Crippen LogP contribution < -0.4 is 20.3 Å². The molecule has 0 aliphatic carbocycles. The van der Waals surface area contributed by atoms with E-state index >= 15 is 0 Å². The molecule has 11 nitrogen and oxygen atoms in total. The quantitative estimate of drug-likeness (QED) is 0.249. The van der Waals surface area contributed by atoms with E-state index in [4.69, 9.17) is 42.4 Å². The number of amides is 1. The number of aromatic nitrogens is 3. The van der Waals surface area contributed by atoms with Crippen LogP contribution in [-0.2, 0) is 16.1 Å². The highest BCUT2D eigenvalue weighted by atomic mass is 35.5. The number of anilines is 1. The minimum absolute atomic E-state index is 0.141. The molecule has 44 heavy (non-hydrogen) atoms. The third kappa shape index (κ3) is 7.12. The van der Waals surface area contributed by atoms with E-state index in [-0.39, 0.29) is 45.3 Å². The summed E-state index contributed by atoms with van der Waals surface area (Å²) >= 11 is 13.5. The lowest BCUT2D eigenvalue weighted by Gasteiger charge is -2.42. The third-order valence-corrected chi connectivity index (χ3v) is 8.38. The van der Waals surface area contributed by atoms with Gasteiger partial charge in [-0.15, -0.1) is 0 Å². The average molecular weight is 648 g/mol. The van der Waals surface area contributed by atoms with E-state index in [0.29, 0.717) is 48.1 Å². The molecule has 0 spiro atoms. The number of hydrogen-bond acceptors (Lipinski definition) is 9. The van der Waals surface area contributed by atoms with Gasteiger partial charge in [0.05, 0.1) is 48.1 Å². The number of methoxy groups -OCH3 is 2. The summed E-state index contributed by atoms with van der Waals surface area (Å²) in [5.41, 5.74) is -0.252. The fourth-order valence-electron chi connectivity index (χ4n) is 5.25. The second-order valence-electron chi connectivity index (χ2n) is 11.1. The summed E-state index contributed by atoms with van der Waals surface area (Å²) in [6, 6.07) is 3.25. The van der Waals surface area contributed by atoms with Crippen LogP contribution >= 0.6 is 23.2 Å². The molecule has 238 valence electrons. The Kier molecular flexibility index (Phi) is 10.8. The molecule has 1 saturated heterocycles. The molecular weight excluding hydrogens is 607 g/mol. The van der Waals surface area contributed by atoms with E-state index in [0.717, 1.165) is 19.6 Å². The summed E-state index contributed by atoms with van der Waals surface area (Å²) in [7, 11) is 2.95. The molecule has 1 fully saturated rings. The van der Waals surface area contributed by atoms with Crippen LogP contribution in [0.15, 0.2) is 35.8 Å². The van der Waals surface area contributed by atoms with Gasteiger partial charge < -0.3 is 29.3 Å². The number of hydrogen-bond donors (Lipinski definition) is 1. The first-order chi connectivity index (χ1) is 21.0. The lowest BCUT2D eigenvalue weighted by Crippen LogP contribution is -2.57. The molecular formula is C31H40Cl2N6O5. The highest BCUT2D eigenvalue weighted by Crippen LogP contribution is 2.45. The monoisotopic (exact) mass is 646 g/mol. The van der Waals surface area contributed by atoms with Crippen molar-refractivity contribution in [2.75, 3.05) is 58.8 Å². The van der Waals surface area contributed by atoms with E-state index in [1.165, 1.54) is 20.3 Å². The Balaban J connectivity index is 1.79. The first-order valence-corrected chi connectivity index (χ1v) is 15.3. The minimum Gasteiger partial charge on any atom is -0.495 e. The number of fused-ring (bicyclic) bond motifs is 1. The number of nitrogens with zero attached hydrogens (tertiary/aromatic N) is 5. The van der Waals surface area contributed by atoms with Gasteiger partial charge in [-0.2, -0.15) is 4.98 Å². The molecule has 4 rings (SSSR count). The molecule has 1 aliphatic heterocycles. The molecule has 3 aromatic rings. The molecule has 1 N–H and O–H groups in total. The molecule has 0 bridgehead atoms. The van der Waals surface area contributed by atoms with Crippen molar-refractivity contribution in [3.63, 3.8) is 0 Å². The molecule has 2 aromatic heterocycles. The van der Waals surface area contributed by atoms with Crippen molar-refractivity contribution in [1.82, 2.24) is 24.3 Å². The smallest absolute Gasteiger partial charge is 0.260 e. The molecule has 1 amide bonds. The van der Waals surface area contributed by atoms with Crippen molar-refractivity contribution in [3.8, 4) is 22.6 Å². The maximum Gasteiger partial charge on any atom is 0.260 e. The van der Waals surface area contributed by atoms with Gasteiger partial charge >= 0.3 is 0 Å². The Morgan fingerprint density at radius 3 is 2.36 bits per heavy atom. The zero-order valence-corrected chi connectivity index (χ0v) is 27.6. The number of likely N-dealkylation sites (tertiary alicyclic amines) is 1. The maximum atomic E-state index is 14.4. The zero-order chi connectivity index (χ0) is 32.2. The summed E-state index contributed by atoms with van der Waals surface area (Å²) in [4.78, 5) is 39.5. The SMILES string of the molecule is C=CC(=O)N1CC(OC(C)(C)Cn2c(=O)c(-c3c(Cl)c(OC)cc(OC)c3Cl)cc3cnc(NCCN(CC)CC)nc32)C1. The molecule has 0 unspecified atom stereocenters. The van der Waals surface area contributed by atoms with Crippen molar-refractivity contribution in [1.29, 1.82) is 0 Å². The number of ether oxygens (including phenoxy) is 3. The van der Waals surface area contributed by atoms with Gasteiger partial charge in [0.15, 0.2) is 0 Å². The number of nitrogens with one attached hydrogen (secondary N) is 1. The highest BCUT2D eigenvalue weighted by molar-refractivity contribution is 6.41. The van der Waals surface area contributed by atoms with E-state index in [2.05, 4.69) is 35.6 Å². The van der Waals surface area contributed by atoms with Gasteiger partial charge in [0, 0.05) is 49.4 Å². The Morgan fingerprint density at radius 1 is 1.16 bits per heavy atom. The lowest BCUT2D eigenvalue weighted by molar-refractivity contribution is -0.158.